The minimum absolute atomic E-state index is 0.0111. The monoisotopic (exact) mass is 264 g/mol. The Morgan fingerprint density at radius 1 is 1.44 bits per heavy atom. The summed E-state index contributed by atoms with van der Waals surface area (Å²) >= 11 is 5.78. The van der Waals surface area contributed by atoms with Crippen molar-refractivity contribution in [1.29, 1.82) is 0 Å². The highest BCUT2D eigenvalue weighted by atomic mass is 32.2. The van der Waals surface area contributed by atoms with Gasteiger partial charge in [0.25, 0.3) is 0 Å². The van der Waals surface area contributed by atoms with E-state index < -0.39 is 11.3 Å². The molecule has 0 fully saturated rings. The van der Waals surface area contributed by atoms with E-state index in [-0.39, 0.29) is 11.7 Å². The molecule has 0 bridgehead atoms. The average Bonchev–Trinajstić information content (AvgIpc) is 2.31. The number of hydrogen-bond acceptors (Lipinski definition) is 5. The van der Waals surface area contributed by atoms with E-state index in [9.17, 15) is 9.59 Å². The van der Waals surface area contributed by atoms with Crippen molar-refractivity contribution >= 4 is 36.1 Å². The van der Waals surface area contributed by atoms with Crippen molar-refractivity contribution in [2.45, 2.75) is 30.6 Å². The van der Waals surface area contributed by atoms with Crippen molar-refractivity contribution < 1.29 is 9.59 Å². The van der Waals surface area contributed by atoms with E-state index in [1.165, 1.54) is 0 Å². The quantitative estimate of drug-likeness (QED) is 0.557. The maximum atomic E-state index is 11.6. The zero-order valence-electron chi connectivity index (χ0n) is 9.73. The summed E-state index contributed by atoms with van der Waals surface area (Å²) in [6, 6.07) is -0.405. The Labute approximate surface area is 107 Å². The number of hydrogen-bond donors (Lipinski definition) is 3. The van der Waals surface area contributed by atoms with Crippen LogP contribution >= 0.6 is 24.4 Å². The lowest BCUT2D eigenvalue weighted by Crippen LogP contribution is -2.33. The SMILES string of the molecule is CNC(=O)C(S)CCC(=O)[C@@H](N)CCSC. The number of Topliss-reactive ketones (excluding diaryl/α,β-unsaturated/α-hetero) is 1. The summed E-state index contributed by atoms with van der Waals surface area (Å²) in [6.45, 7) is 0. The Balaban J connectivity index is 3.83. The Morgan fingerprint density at radius 2 is 2.06 bits per heavy atom. The van der Waals surface area contributed by atoms with Gasteiger partial charge in [-0.15, -0.1) is 0 Å². The van der Waals surface area contributed by atoms with Gasteiger partial charge in [0.15, 0.2) is 0 Å². The molecule has 0 aromatic rings. The van der Waals surface area contributed by atoms with Gasteiger partial charge in [-0.25, -0.2) is 0 Å². The number of nitrogens with one attached hydrogen (secondary N) is 1. The predicted octanol–water partition coefficient (Wildman–Crippen LogP) is 0.460. The Morgan fingerprint density at radius 3 is 2.56 bits per heavy atom. The van der Waals surface area contributed by atoms with Crippen LogP contribution in [0.3, 0.4) is 0 Å². The van der Waals surface area contributed by atoms with Crippen molar-refractivity contribution in [1.82, 2.24) is 5.32 Å². The maximum absolute atomic E-state index is 11.6. The molecule has 6 heteroatoms. The third-order valence-corrected chi connectivity index (χ3v) is 3.40. The lowest BCUT2D eigenvalue weighted by atomic mass is 10.0. The highest BCUT2D eigenvalue weighted by Crippen LogP contribution is 2.08. The molecule has 3 N–H and O–H groups in total. The van der Waals surface area contributed by atoms with Crippen molar-refractivity contribution in [2.75, 3.05) is 19.1 Å². The van der Waals surface area contributed by atoms with E-state index in [0.29, 0.717) is 19.3 Å². The van der Waals surface area contributed by atoms with Crippen molar-refractivity contribution in [3.63, 3.8) is 0 Å². The molecule has 0 aliphatic heterocycles. The summed E-state index contributed by atoms with van der Waals surface area (Å²) in [5.74, 6) is 0.734. The Kier molecular flexibility index (Phi) is 8.78. The van der Waals surface area contributed by atoms with Crippen LogP contribution in [0.15, 0.2) is 0 Å². The average molecular weight is 264 g/mol. The van der Waals surface area contributed by atoms with Gasteiger partial charge in [0.2, 0.25) is 5.91 Å². The zero-order chi connectivity index (χ0) is 12.6. The topological polar surface area (TPSA) is 72.2 Å². The van der Waals surface area contributed by atoms with E-state index >= 15 is 0 Å². The molecule has 0 saturated carbocycles. The summed E-state index contributed by atoms with van der Waals surface area (Å²) in [5.41, 5.74) is 5.71. The number of thioether (sulfide) groups is 1. The molecule has 0 spiro atoms. The molecule has 0 saturated heterocycles. The summed E-state index contributed by atoms with van der Waals surface area (Å²) in [4.78, 5) is 22.7. The zero-order valence-corrected chi connectivity index (χ0v) is 11.4. The summed E-state index contributed by atoms with van der Waals surface area (Å²) in [7, 11) is 1.55. The lowest BCUT2D eigenvalue weighted by Gasteiger charge is -2.12. The first-order chi connectivity index (χ1) is 7.52. The molecule has 1 unspecified atom stereocenters. The minimum Gasteiger partial charge on any atom is -0.358 e. The maximum Gasteiger partial charge on any atom is 0.232 e. The normalized spacial score (nSPS) is 14.2. The van der Waals surface area contributed by atoms with E-state index in [1.807, 2.05) is 6.26 Å². The van der Waals surface area contributed by atoms with Crippen LogP contribution in [0.25, 0.3) is 0 Å². The van der Waals surface area contributed by atoms with Gasteiger partial charge in [-0.1, -0.05) is 0 Å². The molecular formula is C10H20N2O2S2. The largest absolute Gasteiger partial charge is 0.358 e. The molecule has 0 aromatic carbocycles. The highest BCUT2D eigenvalue weighted by molar-refractivity contribution is 7.98. The Hall–Kier alpha value is -0.200. The first-order valence-electron chi connectivity index (χ1n) is 5.19. The molecule has 1 amide bonds. The smallest absolute Gasteiger partial charge is 0.232 e. The van der Waals surface area contributed by atoms with Crippen molar-refractivity contribution in [2.24, 2.45) is 5.73 Å². The molecule has 0 aromatic heterocycles. The fourth-order valence-corrected chi connectivity index (χ4v) is 1.92. The first-order valence-corrected chi connectivity index (χ1v) is 7.10. The van der Waals surface area contributed by atoms with Crippen LogP contribution in [0, 0.1) is 0 Å². The molecule has 0 aliphatic rings. The number of rotatable bonds is 8. The number of carbonyl (C=O) groups excluding carboxylic acids is 2. The molecule has 0 rings (SSSR count). The van der Waals surface area contributed by atoms with E-state index in [0.717, 1.165) is 5.75 Å². The van der Waals surface area contributed by atoms with Crippen LogP contribution < -0.4 is 11.1 Å². The molecule has 94 valence electrons. The van der Waals surface area contributed by atoms with Gasteiger partial charge in [-0.2, -0.15) is 24.4 Å². The molecule has 2 atom stereocenters. The van der Waals surface area contributed by atoms with Crippen LogP contribution in [0.5, 0.6) is 0 Å². The number of carbonyl (C=O) groups is 2. The molecule has 0 aliphatic carbocycles. The predicted molar refractivity (Wildman–Crippen MR) is 72.1 cm³/mol. The number of thiol groups is 1. The van der Waals surface area contributed by atoms with E-state index in [4.69, 9.17) is 5.73 Å². The van der Waals surface area contributed by atoms with Crippen LogP contribution in [0.4, 0.5) is 0 Å². The second kappa shape index (κ2) is 8.90. The molecule has 16 heavy (non-hydrogen) atoms. The Bertz CT molecular complexity index is 237. The van der Waals surface area contributed by atoms with E-state index in [2.05, 4.69) is 17.9 Å². The van der Waals surface area contributed by atoms with Crippen molar-refractivity contribution in [3.05, 3.63) is 0 Å². The fourth-order valence-electron chi connectivity index (χ4n) is 1.17. The van der Waals surface area contributed by atoms with Crippen LogP contribution in [-0.4, -0.2) is 42.0 Å². The molecule has 0 heterocycles. The van der Waals surface area contributed by atoms with Gasteiger partial charge in [0.05, 0.1) is 11.3 Å². The van der Waals surface area contributed by atoms with Gasteiger partial charge in [-0.3, -0.25) is 9.59 Å². The third-order valence-electron chi connectivity index (χ3n) is 2.26. The highest BCUT2D eigenvalue weighted by Gasteiger charge is 2.17. The minimum atomic E-state index is -0.429. The second-order valence-corrected chi connectivity index (χ2v) is 5.13. The summed E-state index contributed by atoms with van der Waals surface area (Å²) < 4.78 is 0. The number of amides is 1. The van der Waals surface area contributed by atoms with Gasteiger partial charge in [0.1, 0.15) is 5.78 Å². The van der Waals surface area contributed by atoms with Gasteiger partial charge in [0, 0.05) is 13.5 Å². The molecule has 4 nitrogen and oxygen atoms in total. The van der Waals surface area contributed by atoms with Gasteiger partial charge in [-0.05, 0) is 24.9 Å². The van der Waals surface area contributed by atoms with Crippen LogP contribution in [0.2, 0.25) is 0 Å². The number of ketones is 1. The second-order valence-electron chi connectivity index (χ2n) is 3.52. The number of nitrogens with two attached hydrogens (primary N) is 1. The first kappa shape index (κ1) is 15.8. The summed E-state index contributed by atoms with van der Waals surface area (Å²) in [6.07, 6.45) is 3.43. The lowest BCUT2D eigenvalue weighted by molar-refractivity contribution is -0.121. The molecule has 0 radical (unpaired) electrons. The third kappa shape index (κ3) is 6.40. The van der Waals surface area contributed by atoms with E-state index in [1.54, 1.807) is 18.8 Å². The molecular weight excluding hydrogens is 244 g/mol. The summed E-state index contributed by atoms with van der Waals surface area (Å²) in [5, 5.41) is 2.06. The van der Waals surface area contributed by atoms with Gasteiger partial charge < -0.3 is 11.1 Å². The van der Waals surface area contributed by atoms with Gasteiger partial charge >= 0.3 is 0 Å². The van der Waals surface area contributed by atoms with Crippen LogP contribution in [0.1, 0.15) is 19.3 Å². The standard InChI is InChI=1S/C10H20N2O2S2/c1-12-10(14)9(15)4-3-8(13)7(11)5-6-16-2/h7,9,15H,3-6,11H2,1-2H3,(H,12,14)/t7-,9?/m0/s1. The fraction of sp³-hybridized carbons (Fsp3) is 0.800. The van der Waals surface area contributed by atoms with Crippen molar-refractivity contribution in [3.8, 4) is 0 Å². The van der Waals surface area contributed by atoms with Crippen LogP contribution in [-0.2, 0) is 9.59 Å².